The molecule has 1 saturated carbocycles. The Labute approximate surface area is 185 Å². The number of nitrogens with one attached hydrogen (secondary N) is 2. The van der Waals surface area contributed by atoms with E-state index in [-0.39, 0.29) is 11.8 Å². The van der Waals surface area contributed by atoms with Gasteiger partial charge in [-0.05, 0) is 25.2 Å². The first-order valence-electron chi connectivity index (χ1n) is 10.2. The van der Waals surface area contributed by atoms with Crippen molar-refractivity contribution in [2.24, 2.45) is 16.7 Å². The maximum atomic E-state index is 12.1. The fourth-order valence-electron chi connectivity index (χ4n) is 3.14. The second kappa shape index (κ2) is 8.66. The lowest BCUT2D eigenvalue weighted by atomic mass is 9.96. The number of hydrogen-bond acceptors (Lipinski definition) is 8. The summed E-state index contributed by atoms with van der Waals surface area (Å²) in [4.78, 5) is 24.2. The van der Waals surface area contributed by atoms with E-state index < -0.39 is 10.8 Å². The normalized spacial score (nSPS) is 19.7. The predicted molar refractivity (Wildman–Crippen MR) is 120 cm³/mol. The SMILES string of the molecule is CC(C)(C)C(=O)Nc1nnc(C[C@H]2CC[C@@H](c3nnc(NC(=O)C(C)(C)C)s3)C2)s1. The van der Waals surface area contributed by atoms with Crippen LogP contribution in [0.4, 0.5) is 10.3 Å². The number of rotatable bonds is 5. The van der Waals surface area contributed by atoms with Gasteiger partial charge in [-0.25, -0.2) is 0 Å². The minimum Gasteiger partial charge on any atom is -0.300 e. The van der Waals surface area contributed by atoms with E-state index >= 15 is 0 Å². The fourth-order valence-corrected chi connectivity index (χ4v) is 4.87. The number of carbonyl (C=O) groups excluding carboxylic acids is 2. The Balaban J connectivity index is 1.53. The summed E-state index contributed by atoms with van der Waals surface area (Å²) < 4.78 is 0. The molecule has 30 heavy (non-hydrogen) atoms. The van der Waals surface area contributed by atoms with Gasteiger partial charge in [0.05, 0.1) is 0 Å². The Kier molecular flexibility index (Phi) is 6.57. The van der Waals surface area contributed by atoms with Crippen LogP contribution in [-0.4, -0.2) is 32.2 Å². The molecule has 2 aromatic heterocycles. The average molecular weight is 451 g/mol. The summed E-state index contributed by atoms with van der Waals surface area (Å²) >= 11 is 2.92. The predicted octanol–water partition coefficient (Wildman–Crippen LogP) is 4.49. The van der Waals surface area contributed by atoms with Gasteiger partial charge in [-0.15, -0.1) is 20.4 Å². The van der Waals surface area contributed by atoms with Crippen molar-refractivity contribution in [3.8, 4) is 0 Å². The summed E-state index contributed by atoms with van der Waals surface area (Å²) in [6, 6.07) is 0. The molecule has 2 aromatic rings. The highest BCUT2D eigenvalue weighted by Crippen LogP contribution is 2.41. The van der Waals surface area contributed by atoms with Crippen molar-refractivity contribution in [1.82, 2.24) is 20.4 Å². The first-order chi connectivity index (χ1) is 13.9. The summed E-state index contributed by atoms with van der Waals surface area (Å²) in [5.41, 5.74) is -0.922. The van der Waals surface area contributed by atoms with E-state index in [1.807, 2.05) is 41.5 Å². The van der Waals surface area contributed by atoms with Crippen molar-refractivity contribution in [2.75, 3.05) is 10.6 Å². The largest absolute Gasteiger partial charge is 0.300 e. The molecule has 8 nitrogen and oxygen atoms in total. The van der Waals surface area contributed by atoms with E-state index in [9.17, 15) is 9.59 Å². The van der Waals surface area contributed by atoms with E-state index in [4.69, 9.17) is 0 Å². The highest BCUT2D eigenvalue weighted by Gasteiger charge is 2.30. The van der Waals surface area contributed by atoms with E-state index in [1.165, 1.54) is 22.7 Å². The van der Waals surface area contributed by atoms with Gasteiger partial charge in [0.15, 0.2) is 0 Å². The molecule has 0 aliphatic heterocycles. The molecular formula is C20H30N6O2S2. The molecular weight excluding hydrogens is 420 g/mol. The Morgan fingerprint density at radius 2 is 1.43 bits per heavy atom. The average Bonchev–Trinajstić information content (AvgIpc) is 3.35. The molecule has 1 fully saturated rings. The standard InChI is InChI=1S/C20H30N6O2S2/c1-19(2,3)15(27)21-17-25-23-13(29-17)10-11-7-8-12(9-11)14-24-26-18(30-14)22-16(28)20(4,5)6/h11-12H,7-10H2,1-6H3,(H,21,25,27)(H,22,26,28)/t11-,12+/m0/s1. The molecule has 1 aliphatic carbocycles. The van der Waals surface area contributed by atoms with Crippen molar-refractivity contribution >= 4 is 44.8 Å². The Morgan fingerprint density at radius 3 is 2.03 bits per heavy atom. The minimum absolute atomic E-state index is 0.0554. The van der Waals surface area contributed by atoms with Gasteiger partial charge >= 0.3 is 0 Å². The fraction of sp³-hybridized carbons (Fsp3) is 0.700. The van der Waals surface area contributed by atoms with Crippen molar-refractivity contribution in [3.05, 3.63) is 10.0 Å². The monoisotopic (exact) mass is 450 g/mol. The minimum atomic E-state index is -0.461. The first kappa shape index (κ1) is 22.7. The van der Waals surface area contributed by atoms with Gasteiger partial charge in [0, 0.05) is 23.2 Å². The van der Waals surface area contributed by atoms with Gasteiger partial charge in [0.2, 0.25) is 22.1 Å². The molecule has 2 atom stereocenters. The van der Waals surface area contributed by atoms with E-state index in [2.05, 4.69) is 31.0 Å². The summed E-state index contributed by atoms with van der Waals surface area (Å²) in [7, 11) is 0. The van der Waals surface area contributed by atoms with Crippen molar-refractivity contribution in [1.29, 1.82) is 0 Å². The van der Waals surface area contributed by atoms with Gasteiger partial charge < -0.3 is 10.6 Å². The molecule has 10 heteroatoms. The van der Waals surface area contributed by atoms with Crippen molar-refractivity contribution in [3.63, 3.8) is 0 Å². The third-order valence-electron chi connectivity index (χ3n) is 5.06. The number of carbonyl (C=O) groups is 2. The van der Waals surface area contributed by atoms with E-state index in [0.29, 0.717) is 22.1 Å². The molecule has 3 rings (SSSR count). The van der Waals surface area contributed by atoms with E-state index in [0.717, 1.165) is 35.7 Å². The summed E-state index contributed by atoms with van der Waals surface area (Å²) in [5.74, 6) is 0.753. The Hall–Kier alpha value is -1.94. The molecule has 0 saturated heterocycles. The van der Waals surface area contributed by atoms with E-state index in [1.54, 1.807) is 0 Å². The molecule has 2 N–H and O–H groups in total. The smallest absolute Gasteiger partial charge is 0.231 e. The van der Waals surface area contributed by atoms with Gasteiger partial charge in [-0.1, -0.05) is 64.2 Å². The van der Waals surface area contributed by atoms with Crippen molar-refractivity contribution < 1.29 is 9.59 Å². The lowest BCUT2D eigenvalue weighted by Gasteiger charge is -2.15. The van der Waals surface area contributed by atoms with Crippen LogP contribution in [0.2, 0.25) is 0 Å². The second-order valence-electron chi connectivity index (χ2n) is 9.93. The summed E-state index contributed by atoms with van der Waals surface area (Å²) in [6.07, 6.45) is 4.02. The van der Waals surface area contributed by atoms with Crippen LogP contribution in [0.5, 0.6) is 0 Å². The number of hydrogen-bond donors (Lipinski definition) is 2. The lowest BCUT2D eigenvalue weighted by Crippen LogP contribution is -2.27. The molecule has 164 valence electrons. The molecule has 0 aromatic carbocycles. The Bertz CT molecular complexity index is 909. The van der Waals surface area contributed by atoms with Crippen LogP contribution in [0.25, 0.3) is 0 Å². The molecule has 0 bridgehead atoms. The zero-order valence-corrected chi connectivity index (χ0v) is 20.0. The third-order valence-corrected chi connectivity index (χ3v) is 6.93. The van der Waals surface area contributed by atoms with Gasteiger partial charge in [0.1, 0.15) is 10.0 Å². The molecule has 0 spiro atoms. The topological polar surface area (TPSA) is 110 Å². The lowest BCUT2D eigenvalue weighted by molar-refractivity contribution is -0.123. The van der Waals surface area contributed by atoms with Crippen LogP contribution in [0.15, 0.2) is 0 Å². The van der Waals surface area contributed by atoms with Crippen LogP contribution < -0.4 is 10.6 Å². The first-order valence-corrected chi connectivity index (χ1v) is 11.8. The molecule has 0 radical (unpaired) electrons. The number of aromatic nitrogens is 4. The number of amides is 2. The van der Waals surface area contributed by atoms with Gasteiger partial charge in [-0.3, -0.25) is 9.59 Å². The van der Waals surface area contributed by atoms with Gasteiger partial charge in [-0.2, -0.15) is 0 Å². The van der Waals surface area contributed by atoms with Crippen LogP contribution in [-0.2, 0) is 16.0 Å². The maximum absolute atomic E-state index is 12.1. The summed E-state index contributed by atoms with van der Waals surface area (Å²) in [5, 5.41) is 25.6. The molecule has 1 aliphatic rings. The second-order valence-corrected chi connectivity index (χ2v) is 12.0. The number of anilines is 2. The van der Waals surface area contributed by atoms with Crippen LogP contribution in [0.3, 0.4) is 0 Å². The number of nitrogens with zero attached hydrogens (tertiary/aromatic N) is 4. The van der Waals surface area contributed by atoms with Crippen molar-refractivity contribution in [2.45, 2.75) is 73.1 Å². The zero-order chi connectivity index (χ0) is 22.1. The highest BCUT2D eigenvalue weighted by molar-refractivity contribution is 7.15. The molecule has 2 amide bonds. The quantitative estimate of drug-likeness (QED) is 0.695. The summed E-state index contributed by atoms with van der Waals surface area (Å²) in [6.45, 7) is 11.2. The highest BCUT2D eigenvalue weighted by atomic mass is 32.1. The zero-order valence-electron chi connectivity index (χ0n) is 18.4. The third kappa shape index (κ3) is 5.81. The Morgan fingerprint density at radius 1 is 0.867 bits per heavy atom. The van der Waals surface area contributed by atoms with Gasteiger partial charge in [0.25, 0.3) is 0 Å². The molecule has 0 unspecified atom stereocenters. The molecule has 2 heterocycles. The van der Waals surface area contributed by atoms with Crippen LogP contribution >= 0.6 is 22.7 Å². The maximum Gasteiger partial charge on any atom is 0.231 e. The van der Waals surface area contributed by atoms with Crippen LogP contribution in [0.1, 0.15) is 76.7 Å². The van der Waals surface area contributed by atoms with Crippen LogP contribution in [0, 0.1) is 16.7 Å².